The summed E-state index contributed by atoms with van der Waals surface area (Å²) in [6, 6.07) is 6.48. The van der Waals surface area contributed by atoms with Crippen LogP contribution in [-0.4, -0.2) is 34.8 Å². The van der Waals surface area contributed by atoms with Gasteiger partial charge in [0.05, 0.1) is 6.04 Å². The molecule has 2 N–H and O–H groups in total. The van der Waals surface area contributed by atoms with Crippen molar-refractivity contribution in [2.75, 3.05) is 6.54 Å². The van der Waals surface area contributed by atoms with Crippen molar-refractivity contribution in [1.82, 2.24) is 15.5 Å². The van der Waals surface area contributed by atoms with Crippen LogP contribution in [0.5, 0.6) is 0 Å². The van der Waals surface area contributed by atoms with Crippen LogP contribution in [0.2, 0.25) is 5.02 Å². The van der Waals surface area contributed by atoms with Gasteiger partial charge < -0.3 is 10.6 Å². The minimum Gasteiger partial charge on any atom is -0.348 e. The van der Waals surface area contributed by atoms with E-state index in [-0.39, 0.29) is 29.8 Å². The van der Waals surface area contributed by atoms with E-state index in [2.05, 4.69) is 31.4 Å². The fourth-order valence-electron chi connectivity index (χ4n) is 4.60. The van der Waals surface area contributed by atoms with Crippen LogP contribution < -0.4 is 10.6 Å². The number of urea groups is 1. The number of benzene rings is 1. The van der Waals surface area contributed by atoms with Gasteiger partial charge in [-0.3, -0.25) is 14.5 Å². The Hall–Kier alpha value is -2.08. The first kappa shape index (κ1) is 22.6. The highest BCUT2D eigenvalue weighted by molar-refractivity contribution is 6.30. The lowest BCUT2D eigenvalue weighted by molar-refractivity contribution is -0.136. The SMILES string of the molecule is CCC(C)(C)C1CCC2(CC1)NC(=O)N(CC(=O)NC(C)c1ccc(Cl)cc1)C2=O. The van der Waals surface area contributed by atoms with Gasteiger partial charge in [-0.25, -0.2) is 4.79 Å². The lowest BCUT2D eigenvalue weighted by Crippen LogP contribution is -2.51. The molecule has 0 bridgehead atoms. The van der Waals surface area contributed by atoms with Crippen LogP contribution in [0.4, 0.5) is 4.79 Å². The number of amides is 4. The molecule has 0 aromatic heterocycles. The molecular weight excluding hydrogens is 402 g/mol. The quantitative estimate of drug-likeness (QED) is 0.651. The molecule has 6 nitrogen and oxygen atoms in total. The minimum atomic E-state index is -0.848. The maximum Gasteiger partial charge on any atom is 0.325 e. The average molecular weight is 434 g/mol. The Morgan fingerprint density at radius 2 is 1.87 bits per heavy atom. The monoisotopic (exact) mass is 433 g/mol. The summed E-state index contributed by atoms with van der Waals surface area (Å²) in [5.41, 5.74) is 0.280. The molecule has 1 aliphatic heterocycles. The summed E-state index contributed by atoms with van der Waals surface area (Å²) in [7, 11) is 0. The van der Waals surface area contributed by atoms with Gasteiger partial charge in [-0.05, 0) is 61.6 Å². The Morgan fingerprint density at radius 1 is 1.27 bits per heavy atom. The zero-order valence-electron chi connectivity index (χ0n) is 18.3. The molecule has 1 saturated carbocycles. The number of nitrogens with zero attached hydrogens (tertiary/aromatic N) is 1. The molecule has 1 aromatic carbocycles. The Kier molecular flexibility index (Phi) is 6.46. The summed E-state index contributed by atoms with van der Waals surface area (Å²) < 4.78 is 0. The number of hydrogen-bond donors (Lipinski definition) is 2. The van der Waals surface area contributed by atoms with Gasteiger partial charge in [-0.1, -0.05) is 50.9 Å². The van der Waals surface area contributed by atoms with Crippen LogP contribution in [0.15, 0.2) is 24.3 Å². The normalized spacial score (nSPS) is 25.4. The third-order valence-corrected chi connectivity index (χ3v) is 7.40. The summed E-state index contributed by atoms with van der Waals surface area (Å²) in [6.45, 7) is 8.31. The van der Waals surface area contributed by atoms with E-state index in [1.54, 1.807) is 12.1 Å². The van der Waals surface area contributed by atoms with Gasteiger partial charge in [0.1, 0.15) is 12.1 Å². The predicted octanol–water partition coefficient (Wildman–Crippen LogP) is 4.43. The molecule has 0 radical (unpaired) electrons. The largest absolute Gasteiger partial charge is 0.348 e. The zero-order valence-corrected chi connectivity index (χ0v) is 19.0. The smallest absolute Gasteiger partial charge is 0.325 e. The van der Waals surface area contributed by atoms with E-state index in [9.17, 15) is 14.4 Å². The van der Waals surface area contributed by atoms with Crippen molar-refractivity contribution in [3.05, 3.63) is 34.9 Å². The maximum absolute atomic E-state index is 13.1. The summed E-state index contributed by atoms with van der Waals surface area (Å²) in [5, 5.41) is 6.38. The van der Waals surface area contributed by atoms with E-state index in [0.717, 1.165) is 29.7 Å². The molecule has 2 aliphatic rings. The number of imide groups is 1. The van der Waals surface area contributed by atoms with Gasteiger partial charge in [0, 0.05) is 5.02 Å². The van der Waals surface area contributed by atoms with Gasteiger partial charge in [0.2, 0.25) is 5.91 Å². The zero-order chi connectivity index (χ0) is 22.1. The highest BCUT2D eigenvalue weighted by atomic mass is 35.5. The first-order valence-corrected chi connectivity index (χ1v) is 11.1. The molecular formula is C23H32ClN3O3. The Morgan fingerprint density at radius 3 is 2.43 bits per heavy atom. The topological polar surface area (TPSA) is 78.5 Å². The summed E-state index contributed by atoms with van der Waals surface area (Å²) in [4.78, 5) is 39.2. The lowest BCUT2D eigenvalue weighted by Gasteiger charge is -2.42. The van der Waals surface area contributed by atoms with E-state index >= 15 is 0 Å². The molecule has 1 spiro atoms. The Balaban J connectivity index is 1.60. The van der Waals surface area contributed by atoms with Crippen molar-refractivity contribution in [2.24, 2.45) is 11.3 Å². The van der Waals surface area contributed by atoms with E-state index in [1.165, 1.54) is 0 Å². The molecule has 1 saturated heterocycles. The van der Waals surface area contributed by atoms with Crippen molar-refractivity contribution >= 4 is 29.4 Å². The van der Waals surface area contributed by atoms with Crippen LogP contribution in [0.3, 0.4) is 0 Å². The van der Waals surface area contributed by atoms with Gasteiger partial charge in [-0.15, -0.1) is 0 Å². The number of carbonyl (C=O) groups excluding carboxylic acids is 3. The summed E-state index contributed by atoms with van der Waals surface area (Å²) >= 11 is 5.90. The molecule has 164 valence electrons. The van der Waals surface area contributed by atoms with E-state index in [0.29, 0.717) is 23.8 Å². The highest BCUT2D eigenvalue weighted by Gasteiger charge is 2.53. The van der Waals surface area contributed by atoms with Gasteiger partial charge in [-0.2, -0.15) is 0 Å². The van der Waals surface area contributed by atoms with Gasteiger partial charge in [0.25, 0.3) is 5.91 Å². The fraction of sp³-hybridized carbons (Fsp3) is 0.609. The number of rotatable bonds is 6. The predicted molar refractivity (Wildman–Crippen MR) is 117 cm³/mol. The van der Waals surface area contributed by atoms with Crippen molar-refractivity contribution in [3.63, 3.8) is 0 Å². The summed E-state index contributed by atoms with van der Waals surface area (Å²) in [6.07, 6.45) is 4.15. The van der Waals surface area contributed by atoms with E-state index in [4.69, 9.17) is 11.6 Å². The molecule has 1 aromatic rings. The number of nitrogens with one attached hydrogen (secondary N) is 2. The molecule has 4 amide bonds. The highest BCUT2D eigenvalue weighted by Crippen LogP contribution is 2.45. The average Bonchev–Trinajstić information content (AvgIpc) is 2.92. The molecule has 1 atom stereocenters. The Labute approximate surface area is 183 Å². The van der Waals surface area contributed by atoms with Crippen molar-refractivity contribution in [2.45, 2.75) is 71.4 Å². The molecule has 3 rings (SSSR count). The first-order valence-electron chi connectivity index (χ1n) is 10.8. The molecule has 30 heavy (non-hydrogen) atoms. The second-order valence-electron chi connectivity index (χ2n) is 9.36. The Bertz CT molecular complexity index is 813. The van der Waals surface area contributed by atoms with Crippen LogP contribution in [0, 0.1) is 11.3 Å². The van der Waals surface area contributed by atoms with Crippen LogP contribution in [0.1, 0.15) is 71.4 Å². The van der Waals surface area contributed by atoms with E-state index < -0.39 is 11.6 Å². The van der Waals surface area contributed by atoms with Crippen molar-refractivity contribution < 1.29 is 14.4 Å². The number of halogens is 1. The second kappa shape index (κ2) is 8.58. The van der Waals surface area contributed by atoms with Gasteiger partial charge >= 0.3 is 6.03 Å². The number of carbonyl (C=O) groups is 3. The molecule has 7 heteroatoms. The van der Waals surface area contributed by atoms with E-state index in [1.807, 2.05) is 19.1 Å². The van der Waals surface area contributed by atoms with Crippen LogP contribution >= 0.6 is 11.6 Å². The number of hydrogen-bond acceptors (Lipinski definition) is 3. The van der Waals surface area contributed by atoms with Gasteiger partial charge in [0.15, 0.2) is 0 Å². The lowest BCUT2D eigenvalue weighted by atomic mass is 9.65. The second-order valence-corrected chi connectivity index (χ2v) is 9.80. The maximum atomic E-state index is 13.1. The molecule has 1 aliphatic carbocycles. The summed E-state index contributed by atoms with van der Waals surface area (Å²) in [5.74, 6) is -0.0937. The fourth-order valence-corrected chi connectivity index (χ4v) is 4.73. The first-order chi connectivity index (χ1) is 14.1. The minimum absolute atomic E-state index is 0.227. The standard InChI is InChI=1S/C23H32ClN3O3/c1-5-22(3,4)17-10-12-23(13-11-17)20(29)27(21(30)26-23)14-19(28)25-15(2)16-6-8-18(24)9-7-16/h6-9,15,17H,5,10-14H2,1-4H3,(H,25,28)(H,26,30). The van der Waals surface area contributed by atoms with Crippen LogP contribution in [0.25, 0.3) is 0 Å². The van der Waals surface area contributed by atoms with Crippen LogP contribution in [-0.2, 0) is 9.59 Å². The molecule has 1 heterocycles. The molecule has 2 fully saturated rings. The van der Waals surface area contributed by atoms with Crippen molar-refractivity contribution in [1.29, 1.82) is 0 Å². The van der Waals surface area contributed by atoms with Crippen molar-refractivity contribution in [3.8, 4) is 0 Å². The third kappa shape index (κ3) is 4.48. The molecule has 1 unspecified atom stereocenters. The third-order valence-electron chi connectivity index (χ3n) is 7.15.